The van der Waals surface area contributed by atoms with E-state index in [-0.39, 0.29) is 27.8 Å². The number of hydrogen-bond acceptors (Lipinski definition) is 2. The van der Waals surface area contributed by atoms with Crippen LogP contribution in [0.4, 0.5) is 0 Å². The molecule has 0 atom stereocenters. The molecule has 0 N–H and O–H groups in total. The fourth-order valence-electron chi connectivity index (χ4n) is 0. The van der Waals surface area contributed by atoms with E-state index in [9.17, 15) is 0 Å². The summed E-state index contributed by atoms with van der Waals surface area (Å²) in [7, 11) is 0. The molecule has 0 saturated heterocycles. The van der Waals surface area contributed by atoms with Crippen LogP contribution in [0.1, 0.15) is 7.43 Å². The number of hydrogen-bond donors (Lipinski definition) is 0. The van der Waals surface area contributed by atoms with Gasteiger partial charge in [0.15, 0.2) is 0 Å². The molecule has 0 saturated carbocycles. The van der Waals surface area contributed by atoms with E-state index < -0.39 is 0 Å². The zero-order valence-corrected chi connectivity index (χ0v) is 2.69. The molecule has 0 rings (SSSR count). The van der Waals surface area contributed by atoms with Crippen LogP contribution in [0.25, 0.3) is 0 Å². The minimum atomic E-state index is 0. The summed E-state index contributed by atoms with van der Waals surface area (Å²) in [5.41, 5.74) is 0. The molecule has 0 unspecified atom stereocenters. The molecule has 0 fully saturated rings. The fraction of sp³-hybridized carbons (Fsp3) is 1.00. The quantitative estimate of drug-likeness (QED) is 0.482. The Kier molecular flexibility index (Phi) is 1730. The Labute approximate surface area is 38.5 Å². The predicted octanol–water partition coefficient (Wildman–Crippen LogP) is 0.701. The molecule has 0 bridgehead atoms. The van der Waals surface area contributed by atoms with Gasteiger partial charge in [-0.1, -0.05) is 7.43 Å². The second kappa shape index (κ2) is 243. The van der Waals surface area contributed by atoms with Gasteiger partial charge >= 0.3 is 0 Å². The smallest absolute Gasteiger partial charge is 0 e. The largest absolute Gasteiger partial charge is 0.0776 e. The molecule has 0 aliphatic heterocycles. The van der Waals surface area contributed by atoms with Gasteiger partial charge in [0, 0.05) is 30.4 Å². The fourth-order valence-corrected chi connectivity index (χ4v) is 0. The van der Waals surface area contributed by atoms with Crippen molar-refractivity contribution in [2.75, 3.05) is 0 Å². The normalized spacial score (nSPS) is 1.00. The van der Waals surface area contributed by atoms with Crippen molar-refractivity contribution in [1.82, 2.24) is 0 Å². The van der Waals surface area contributed by atoms with E-state index in [0.717, 1.165) is 0 Å². The zero-order valence-electron chi connectivity index (χ0n) is 1.13. The minimum Gasteiger partial charge on any atom is -0.0776 e. The van der Waals surface area contributed by atoms with Crippen LogP contribution in [0.5, 0.6) is 0 Å². The van der Waals surface area contributed by atoms with Crippen molar-refractivity contribution in [2.24, 2.45) is 0 Å². The summed E-state index contributed by atoms with van der Waals surface area (Å²) in [5, 5.41) is 0. The third kappa shape index (κ3) is 52.4. The van der Waals surface area contributed by atoms with Gasteiger partial charge in [-0.2, -0.15) is 0 Å². The molecular weight excluding hydrogens is 150 g/mol. The molecule has 2 nitrogen and oxygen atoms in total. The molecule has 0 amide bonds. The van der Waals surface area contributed by atoms with Gasteiger partial charge in [0.2, 0.25) is 0 Å². The molecular formula is CH4O2Pd. The van der Waals surface area contributed by atoms with E-state index >= 15 is 0 Å². The molecule has 0 aliphatic rings. The number of rotatable bonds is 0. The Morgan fingerprint density at radius 2 is 1.00 bits per heavy atom. The van der Waals surface area contributed by atoms with Crippen molar-refractivity contribution in [1.29, 1.82) is 0 Å². The average Bonchev–Trinajstić information content (AvgIpc) is 1.00. The summed E-state index contributed by atoms with van der Waals surface area (Å²) in [6.45, 7) is 0. The molecule has 3 heteroatoms. The Morgan fingerprint density at radius 1 is 1.00 bits per heavy atom. The van der Waals surface area contributed by atoms with Crippen LogP contribution in [-0.4, -0.2) is 0 Å². The van der Waals surface area contributed by atoms with Crippen molar-refractivity contribution >= 4 is 0 Å². The van der Waals surface area contributed by atoms with Gasteiger partial charge in [-0.15, -0.1) is 0 Å². The molecule has 0 aromatic rings. The van der Waals surface area contributed by atoms with Crippen LogP contribution >= 0.6 is 0 Å². The van der Waals surface area contributed by atoms with Gasteiger partial charge in [0.25, 0.3) is 0 Å². The molecule has 0 spiro atoms. The van der Waals surface area contributed by atoms with Crippen molar-refractivity contribution in [2.45, 2.75) is 7.43 Å². The average molecular weight is 154 g/mol. The molecule has 4 heavy (non-hydrogen) atoms. The van der Waals surface area contributed by atoms with Crippen LogP contribution in [0.15, 0.2) is 0 Å². The van der Waals surface area contributed by atoms with Gasteiger partial charge < -0.3 is 0 Å². The van der Waals surface area contributed by atoms with E-state index in [1.54, 1.807) is 0 Å². The van der Waals surface area contributed by atoms with Gasteiger partial charge in [-0.3, -0.25) is 0 Å². The summed E-state index contributed by atoms with van der Waals surface area (Å²) in [6, 6.07) is 0. The van der Waals surface area contributed by atoms with E-state index in [1.807, 2.05) is 0 Å². The monoisotopic (exact) mass is 154 g/mol. The summed E-state index contributed by atoms with van der Waals surface area (Å²) >= 11 is 0. The molecule has 0 aromatic carbocycles. The maximum atomic E-state index is 7.00. The van der Waals surface area contributed by atoms with E-state index in [2.05, 4.69) is 0 Å². The van der Waals surface area contributed by atoms with Crippen LogP contribution in [0.2, 0.25) is 0 Å². The first-order valence-electron chi connectivity index (χ1n) is 0.167. The maximum Gasteiger partial charge on any atom is 0 e. The standard InChI is InChI=1S/CH4.O2.Pd/c;1-2;/h1H4;;. The van der Waals surface area contributed by atoms with E-state index in [4.69, 9.17) is 9.93 Å². The molecule has 0 radical (unpaired) electrons. The first kappa shape index (κ1) is 28.5. The predicted molar refractivity (Wildman–Crippen MR) is 13.5 cm³/mol. The third-order valence-corrected chi connectivity index (χ3v) is 0. The second-order valence-corrected chi connectivity index (χ2v) is 0. The van der Waals surface area contributed by atoms with Crippen molar-refractivity contribution in [3.05, 3.63) is 9.93 Å². The molecule has 0 heterocycles. The van der Waals surface area contributed by atoms with E-state index in [0.29, 0.717) is 0 Å². The SMILES string of the molecule is C.O=O.[Pd]. The summed E-state index contributed by atoms with van der Waals surface area (Å²) < 4.78 is 0. The van der Waals surface area contributed by atoms with Crippen molar-refractivity contribution in [3.63, 3.8) is 0 Å². The molecule has 30 valence electrons. The molecule has 0 aliphatic carbocycles. The molecule has 0 aromatic heterocycles. The first-order valence-corrected chi connectivity index (χ1v) is 0.167. The second-order valence-electron chi connectivity index (χ2n) is 0. The van der Waals surface area contributed by atoms with Gasteiger partial charge in [-0.25, -0.2) is 0 Å². The maximum absolute atomic E-state index is 7.00. The Bertz CT molecular complexity index is 6.00. The topological polar surface area (TPSA) is 34.1 Å². The van der Waals surface area contributed by atoms with Crippen LogP contribution < -0.4 is 0 Å². The Hall–Kier alpha value is 0.262. The summed E-state index contributed by atoms with van der Waals surface area (Å²) in [6.07, 6.45) is 0. The summed E-state index contributed by atoms with van der Waals surface area (Å²) in [4.78, 5) is 14.0. The van der Waals surface area contributed by atoms with Crippen LogP contribution in [-0.2, 0) is 20.4 Å². The van der Waals surface area contributed by atoms with Gasteiger partial charge in [-0.05, 0) is 0 Å². The minimum absolute atomic E-state index is 0. The van der Waals surface area contributed by atoms with E-state index in [1.165, 1.54) is 0 Å². The first-order chi connectivity index (χ1) is 1.00. The van der Waals surface area contributed by atoms with Gasteiger partial charge in [0.05, 0.1) is 0 Å². The van der Waals surface area contributed by atoms with Gasteiger partial charge in [0.1, 0.15) is 0 Å². The third-order valence-electron chi connectivity index (χ3n) is 0. The zero-order chi connectivity index (χ0) is 2.00. The van der Waals surface area contributed by atoms with Crippen LogP contribution in [0, 0.1) is 9.93 Å². The van der Waals surface area contributed by atoms with Crippen LogP contribution in [0.3, 0.4) is 0 Å². The Morgan fingerprint density at radius 3 is 1.00 bits per heavy atom. The van der Waals surface area contributed by atoms with Crippen molar-refractivity contribution in [3.8, 4) is 0 Å². The summed E-state index contributed by atoms with van der Waals surface area (Å²) in [5.74, 6) is 0. The Balaban J connectivity index is -0.00000000500. The van der Waals surface area contributed by atoms with Crippen molar-refractivity contribution < 1.29 is 20.4 Å².